The van der Waals surface area contributed by atoms with Crippen molar-refractivity contribution >= 4 is 27.3 Å². The molecule has 126 valence electrons. The minimum Gasteiger partial charge on any atom is -0.489 e. The van der Waals surface area contributed by atoms with Gasteiger partial charge in [-0.1, -0.05) is 11.6 Å². The number of fused-ring (bicyclic) bond motifs is 1. The zero-order valence-corrected chi connectivity index (χ0v) is 14.3. The van der Waals surface area contributed by atoms with Crippen molar-refractivity contribution < 1.29 is 22.7 Å². The summed E-state index contributed by atoms with van der Waals surface area (Å²) in [6.07, 6.45) is 1.14. The number of hydrogen-bond donors (Lipinski definition) is 1. The number of halogens is 1. The first-order chi connectivity index (χ1) is 10.8. The number of carbonyl (C=O) groups is 1. The highest BCUT2D eigenvalue weighted by molar-refractivity contribution is 7.91. The molecule has 1 saturated heterocycles. The Morgan fingerprint density at radius 3 is 2.74 bits per heavy atom. The number of nitrogens with one attached hydrogen (secondary N) is 1. The summed E-state index contributed by atoms with van der Waals surface area (Å²) in [7, 11) is -3.09. The third-order valence-electron chi connectivity index (χ3n) is 3.98. The average molecular weight is 360 g/mol. The lowest BCUT2D eigenvalue weighted by atomic mass is 10.0. The summed E-state index contributed by atoms with van der Waals surface area (Å²) in [4.78, 5) is 12.5. The molecule has 6 nitrogen and oxygen atoms in total. The van der Waals surface area contributed by atoms with Gasteiger partial charge in [0.05, 0.1) is 35.3 Å². The van der Waals surface area contributed by atoms with Crippen LogP contribution in [0, 0.1) is 0 Å². The lowest BCUT2D eigenvalue weighted by molar-refractivity contribution is 0.0915. The fraction of sp³-hybridized carbons (Fsp3) is 0.533. The van der Waals surface area contributed by atoms with E-state index in [1.807, 2.05) is 0 Å². The van der Waals surface area contributed by atoms with Crippen molar-refractivity contribution in [3.05, 3.63) is 22.7 Å². The van der Waals surface area contributed by atoms with E-state index >= 15 is 0 Å². The van der Waals surface area contributed by atoms with Gasteiger partial charge in [0.15, 0.2) is 21.3 Å². The molecule has 0 aliphatic carbocycles. The minimum absolute atomic E-state index is 0.0516. The Balaban J connectivity index is 1.83. The van der Waals surface area contributed by atoms with Crippen LogP contribution in [0.4, 0.5) is 0 Å². The molecule has 1 atom stereocenters. The minimum atomic E-state index is -3.09. The number of carbonyl (C=O) groups excluding carboxylic acids is 1. The van der Waals surface area contributed by atoms with E-state index in [9.17, 15) is 13.2 Å². The van der Waals surface area contributed by atoms with Crippen LogP contribution in [-0.2, 0) is 9.84 Å². The normalized spacial score (nSPS) is 25.7. The molecule has 0 radical (unpaired) electrons. The lowest BCUT2D eigenvalue weighted by Gasteiger charge is -2.24. The molecule has 0 saturated carbocycles. The topological polar surface area (TPSA) is 81.7 Å². The van der Waals surface area contributed by atoms with Crippen LogP contribution in [0.2, 0.25) is 5.02 Å². The second-order valence-corrected chi connectivity index (χ2v) is 8.78. The van der Waals surface area contributed by atoms with Gasteiger partial charge in [-0.05, 0) is 25.5 Å². The Morgan fingerprint density at radius 1 is 1.30 bits per heavy atom. The highest BCUT2D eigenvalue weighted by Crippen LogP contribution is 2.38. The molecule has 0 aromatic heterocycles. The molecule has 2 aliphatic rings. The molecule has 8 heteroatoms. The standard InChI is InChI=1S/C15H18ClNO5S/c1-15(3-6-23(19,20)9-15)17-14(18)10-7-11(16)13-12(8-10)21-4-2-5-22-13/h7-8H,2-6,9H2,1H3,(H,17,18)/t15-/m1/s1. The number of rotatable bonds is 2. The molecule has 1 N–H and O–H groups in total. The van der Waals surface area contributed by atoms with Crippen molar-refractivity contribution in [3.63, 3.8) is 0 Å². The van der Waals surface area contributed by atoms with Gasteiger partial charge in [0, 0.05) is 12.0 Å². The van der Waals surface area contributed by atoms with Gasteiger partial charge in [0.2, 0.25) is 0 Å². The van der Waals surface area contributed by atoms with E-state index in [0.717, 1.165) is 6.42 Å². The smallest absolute Gasteiger partial charge is 0.251 e. The molecule has 2 aliphatic heterocycles. The molecule has 0 spiro atoms. The largest absolute Gasteiger partial charge is 0.489 e. The zero-order valence-electron chi connectivity index (χ0n) is 12.7. The van der Waals surface area contributed by atoms with Gasteiger partial charge in [-0.25, -0.2) is 8.42 Å². The van der Waals surface area contributed by atoms with Crippen LogP contribution in [0.15, 0.2) is 12.1 Å². The van der Waals surface area contributed by atoms with Gasteiger partial charge in [-0.15, -0.1) is 0 Å². The van der Waals surface area contributed by atoms with E-state index in [1.165, 1.54) is 6.07 Å². The molecular formula is C15H18ClNO5S. The van der Waals surface area contributed by atoms with Gasteiger partial charge >= 0.3 is 0 Å². The third-order valence-corrected chi connectivity index (χ3v) is 6.17. The van der Waals surface area contributed by atoms with Crippen LogP contribution in [0.1, 0.15) is 30.1 Å². The van der Waals surface area contributed by atoms with Gasteiger partial charge in [0.1, 0.15) is 0 Å². The fourth-order valence-corrected chi connectivity index (χ4v) is 5.18. The predicted octanol–water partition coefficient (Wildman–Crippen LogP) is 1.81. The van der Waals surface area contributed by atoms with Gasteiger partial charge < -0.3 is 14.8 Å². The molecule has 3 rings (SSSR count). The van der Waals surface area contributed by atoms with E-state index in [0.29, 0.717) is 41.7 Å². The lowest BCUT2D eigenvalue weighted by Crippen LogP contribution is -2.46. The Bertz CT molecular complexity index is 748. The molecule has 2 heterocycles. The second kappa shape index (κ2) is 5.87. The zero-order chi connectivity index (χ0) is 16.7. The number of hydrogen-bond acceptors (Lipinski definition) is 5. The van der Waals surface area contributed by atoms with Crippen molar-refractivity contribution in [1.29, 1.82) is 0 Å². The summed E-state index contributed by atoms with van der Waals surface area (Å²) in [5, 5.41) is 3.11. The van der Waals surface area contributed by atoms with E-state index in [2.05, 4.69) is 5.32 Å². The molecule has 1 aromatic rings. The highest BCUT2D eigenvalue weighted by atomic mass is 35.5. The summed E-state index contributed by atoms with van der Waals surface area (Å²) in [5.74, 6) is 0.539. The summed E-state index contributed by atoms with van der Waals surface area (Å²) < 4.78 is 34.4. The monoisotopic (exact) mass is 359 g/mol. The van der Waals surface area contributed by atoms with Crippen LogP contribution in [0.25, 0.3) is 0 Å². The maximum absolute atomic E-state index is 12.5. The van der Waals surface area contributed by atoms with Crippen molar-refractivity contribution in [2.24, 2.45) is 0 Å². The Labute approximate surface area is 140 Å². The Kier molecular flexibility index (Phi) is 4.18. The quantitative estimate of drug-likeness (QED) is 0.870. The van der Waals surface area contributed by atoms with Gasteiger partial charge in [0.25, 0.3) is 5.91 Å². The summed E-state index contributed by atoms with van der Waals surface area (Å²) in [6.45, 7) is 2.73. The second-order valence-electron chi connectivity index (χ2n) is 6.19. The molecular weight excluding hydrogens is 342 g/mol. The van der Waals surface area contributed by atoms with Crippen molar-refractivity contribution in [2.75, 3.05) is 24.7 Å². The first-order valence-corrected chi connectivity index (χ1v) is 9.60. The number of amides is 1. The molecule has 1 amide bonds. The predicted molar refractivity (Wildman–Crippen MR) is 86.2 cm³/mol. The first kappa shape index (κ1) is 16.4. The Morgan fingerprint density at radius 2 is 2.04 bits per heavy atom. The van der Waals surface area contributed by atoms with Crippen molar-refractivity contribution in [3.8, 4) is 11.5 Å². The SMILES string of the molecule is C[C@@]1(NC(=O)c2cc(Cl)c3c(c2)OCCCO3)CCS(=O)(=O)C1. The van der Waals surface area contributed by atoms with E-state index in [1.54, 1.807) is 13.0 Å². The van der Waals surface area contributed by atoms with Crippen molar-refractivity contribution in [1.82, 2.24) is 5.32 Å². The van der Waals surface area contributed by atoms with Crippen LogP contribution in [0.5, 0.6) is 11.5 Å². The summed E-state index contributed by atoms with van der Waals surface area (Å²) in [5.41, 5.74) is -0.434. The molecule has 0 unspecified atom stereocenters. The van der Waals surface area contributed by atoms with E-state index in [4.69, 9.17) is 21.1 Å². The average Bonchev–Trinajstić information content (AvgIpc) is 2.65. The number of sulfone groups is 1. The van der Waals surface area contributed by atoms with Crippen LogP contribution in [-0.4, -0.2) is 44.6 Å². The maximum atomic E-state index is 12.5. The third kappa shape index (κ3) is 3.55. The van der Waals surface area contributed by atoms with E-state index < -0.39 is 15.4 Å². The fourth-order valence-electron chi connectivity index (χ4n) is 2.82. The van der Waals surface area contributed by atoms with Gasteiger partial charge in [-0.3, -0.25) is 4.79 Å². The molecule has 1 fully saturated rings. The first-order valence-electron chi connectivity index (χ1n) is 7.40. The summed E-state index contributed by atoms with van der Waals surface area (Å²) in [6, 6.07) is 3.09. The maximum Gasteiger partial charge on any atom is 0.251 e. The molecule has 23 heavy (non-hydrogen) atoms. The van der Waals surface area contributed by atoms with Crippen molar-refractivity contribution in [2.45, 2.75) is 25.3 Å². The molecule has 0 bridgehead atoms. The van der Waals surface area contributed by atoms with E-state index in [-0.39, 0.29) is 17.4 Å². The van der Waals surface area contributed by atoms with Crippen LogP contribution >= 0.6 is 11.6 Å². The highest BCUT2D eigenvalue weighted by Gasteiger charge is 2.39. The number of ether oxygens (including phenoxy) is 2. The van der Waals surface area contributed by atoms with Crippen LogP contribution < -0.4 is 14.8 Å². The van der Waals surface area contributed by atoms with Gasteiger partial charge in [-0.2, -0.15) is 0 Å². The molecule has 1 aromatic carbocycles. The summed E-state index contributed by atoms with van der Waals surface area (Å²) >= 11 is 6.18. The Hall–Kier alpha value is -1.47. The van der Waals surface area contributed by atoms with Crippen LogP contribution in [0.3, 0.4) is 0 Å². The number of benzene rings is 1.